The molecule has 0 spiro atoms. The van der Waals surface area contributed by atoms with Crippen LogP contribution in [0.3, 0.4) is 0 Å². The highest BCUT2D eigenvalue weighted by Crippen LogP contribution is 1.96. The molecule has 15 heavy (non-hydrogen) atoms. The van der Waals surface area contributed by atoms with Crippen molar-refractivity contribution < 1.29 is 23.8 Å². The Kier molecular flexibility index (Phi) is 8.76. The van der Waals surface area contributed by atoms with Gasteiger partial charge in [-0.25, -0.2) is 0 Å². The Morgan fingerprint density at radius 2 is 1.47 bits per heavy atom. The van der Waals surface area contributed by atoms with Crippen molar-refractivity contribution in [1.82, 2.24) is 0 Å². The zero-order valence-corrected chi connectivity index (χ0v) is 9.28. The topological polar surface area (TPSA) is 61.8 Å². The summed E-state index contributed by atoms with van der Waals surface area (Å²) in [6, 6.07) is 0. The summed E-state index contributed by atoms with van der Waals surface area (Å²) in [6.07, 6.45) is 0.919. The molecule has 0 aromatic heterocycles. The monoisotopic (exact) mass is 218 g/mol. The highest BCUT2D eigenvalue weighted by Gasteiger charge is 2.08. The van der Waals surface area contributed by atoms with Gasteiger partial charge in [-0.2, -0.15) is 0 Å². The van der Waals surface area contributed by atoms with Crippen LogP contribution in [0.4, 0.5) is 0 Å². The molecule has 5 heteroatoms. The first kappa shape index (κ1) is 13.9. The van der Waals surface area contributed by atoms with Crippen LogP contribution in [0.15, 0.2) is 0 Å². The van der Waals surface area contributed by atoms with Crippen molar-refractivity contribution in [3.8, 4) is 0 Å². The first-order valence-corrected chi connectivity index (χ1v) is 5.00. The fourth-order valence-corrected chi connectivity index (χ4v) is 0.803. The lowest BCUT2D eigenvalue weighted by Gasteiger charge is -2.04. The van der Waals surface area contributed by atoms with Gasteiger partial charge in [0.2, 0.25) is 0 Å². The third kappa shape index (κ3) is 9.21. The van der Waals surface area contributed by atoms with Crippen LogP contribution in [-0.2, 0) is 23.8 Å². The summed E-state index contributed by atoms with van der Waals surface area (Å²) in [5.41, 5.74) is 0. The second-order valence-corrected chi connectivity index (χ2v) is 2.93. The molecule has 0 fully saturated rings. The molecule has 0 aliphatic rings. The summed E-state index contributed by atoms with van der Waals surface area (Å²) in [4.78, 5) is 22.0. The molecule has 0 bridgehead atoms. The lowest BCUT2D eigenvalue weighted by atomic mass is 10.3. The van der Waals surface area contributed by atoms with Crippen molar-refractivity contribution in [2.45, 2.75) is 26.2 Å². The molecule has 0 aliphatic heterocycles. The fourth-order valence-electron chi connectivity index (χ4n) is 0.803. The molecular formula is C10H18O5. The first-order valence-electron chi connectivity index (χ1n) is 5.00. The summed E-state index contributed by atoms with van der Waals surface area (Å²) in [5.74, 6) is -0.763. The van der Waals surface area contributed by atoms with Gasteiger partial charge in [0.1, 0.15) is 6.61 Å². The van der Waals surface area contributed by atoms with Crippen molar-refractivity contribution in [1.29, 1.82) is 0 Å². The molecule has 0 saturated carbocycles. The third-order valence-electron chi connectivity index (χ3n) is 1.55. The maximum Gasteiger partial charge on any atom is 0.306 e. The molecule has 0 radical (unpaired) electrons. The fraction of sp³-hybridized carbons (Fsp3) is 0.800. The number of carbonyl (C=O) groups is 2. The van der Waals surface area contributed by atoms with E-state index < -0.39 is 5.97 Å². The van der Waals surface area contributed by atoms with Gasteiger partial charge in [-0.1, -0.05) is 6.92 Å². The van der Waals surface area contributed by atoms with E-state index in [2.05, 4.69) is 0 Å². The summed E-state index contributed by atoms with van der Waals surface area (Å²) < 4.78 is 14.3. The quantitative estimate of drug-likeness (QED) is 0.447. The molecule has 0 heterocycles. The molecule has 0 aromatic rings. The Bertz CT molecular complexity index is 190. The smallest absolute Gasteiger partial charge is 0.306 e. The number of ether oxygens (including phenoxy) is 3. The van der Waals surface area contributed by atoms with Crippen LogP contribution in [-0.4, -0.2) is 38.9 Å². The van der Waals surface area contributed by atoms with E-state index in [0.29, 0.717) is 13.2 Å². The van der Waals surface area contributed by atoms with Crippen molar-refractivity contribution in [3.05, 3.63) is 0 Å². The van der Waals surface area contributed by atoms with Crippen LogP contribution in [0.2, 0.25) is 0 Å². The van der Waals surface area contributed by atoms with Gasteiger partial charge in [0.25, 0.3) is 0 Å². The largest absolute Gasteiger partial charge is 0.466 e. The van der Waals surface area contributed by atoms with Crippen molar-refractivity contribution in [2.75, 3.05) is 26.9 Å². The summed E-state index contributed by atoms with van der Waals surface area (Å²) >= 11 is 0. The second-order valence-electron chi connectivity index (χ2n) is 2.93. The van der Waals surface area contributed by atoms with Crippen LogP contribution in [0, 0.1) is 0 Å². The van der Waals surface area contributed by atoms with Crippen LogP contribution in [0.5, 0.6) is 0 Å². The van der Waals surface area contributed by atoms with E-state index in [1.165, 1.54) is 7.11 Å². The van der Waals surface area contributed by atoms with Gasteiger partial charge >= 0.3 is 11.9 Å². The molecule has 0 unspecified atom stereocenters. The normalized spacial score (nSPS) is 9.73. The van der Waals surface area contributed by atoms with E-state index in [0.717, 1.165) is 6.42 Å². The summed E-state index contributed by atoms with van der Waals surface area (Å²) in [5, 5.41) is 0. The van der Waals surface area contributed by atoms with Gasteiger partial charge in [0.15, 0.2) is 0 Å². The summed E-state index contributed by atoms with van der Waals surface area (Å²) in [7, 11) is 1.52. The van der Waals surface area contributed by atoms with Crippen LogP contribution < -0.4 is 0 Å². The Morgan fingerprint density at radius 3 is 1.93 bits per heavy atom. The number of hydrogen-bond donors (Lipinski definition) is 0. The molecule has 0 N–H and O–H groups in total. The van der Waals surface area contributed by atoms with Crippen LogP contribution in [0.25, 0.3) is 0 Å². The maximum absolute atomic E-state index is 11.0. The lowest BCUT2D eigenvalue weighted by molar-refractivity contribution is -0.151. The average molecular weight is 218 g/mol. The Hall–Kier alpha value is -1.10. The minimum Gasteiger partial charge on any atom is -0.466 e. The van der Waals surface area contributed by atoms with E-state index in [9.17, 15) is 9.59 Å². The third-order valence-corrected chi connectivity index (χ3v) is 1.55. The highest BCUT2D eigenvalue weighted by atomic mass is 16.6. The molecule has 5 nitrogen and oxygen atoms in total. The first-order chi connectivity index (χ1) is 7.20. The van der Waals surface area contributed by atoms with E-state index in [-0.39, 0.29) is 25.4 Å². The molecule has 0 amide bonds. The van der Waals surface area contributed by atoms with Gasteiger partial charge < -0.3 is 14.2 Å². The van der Waals surface area contributed by atoms with E-state index >= 15 is 0 Å². The highest BCUT2D eigenvalue weighted by molar-refractivity contribution is 5.77. The predicted molar refractivity (Wildman–Crippen MR) is 53.3 cm³/mol. The number of rotatable bonds is 8. The molecule has 0 aliphatic carbocycles. The Labute approximate surface area is 89.7 Å². The minimum absolute atomic E-state index is 0.0618. The molecule has 88 valence electrons. The zero-order valence-electron chi connectivity index (χ0n) is 9.28. The molecule has 0 atom stereocenters. The predicted octanol–water partition coefficient (Wildman–Crippen LogP) is 0.909. The van der Waals surface area contributed by atoms with Gasteiger partial charge in [0, 0.05) is 7.11 Å². The molecule has 0 aromatic carbocycles. The van der Waals surface area contributed by atoms with Crippen LogP contribution in [0.1, 0.15) is 26.2 Å². The van der Waals surface area contributed by atoms with Gasteiger partial charge in [-0.05, 0) is 6.42 Å². The van der Waals surface area contributed by atoms with Gasteiger partial charge in [0.05, 0.1) is 26.1 Å². The molecular weight excluding hydrogens is 200 g/mol. The van der Waals surface area contributed by atoms with Crippen molar-refractivity contribution in [3.63, 3.8) is 0 Å². The SMILES string of the molecule is CCCOC(=O)CCC(=O)OCCOC. The van der Waals surface area contributed by atoms with Gasteiger partial charge in [-0.3, -0.25) is 9.59 Å². The summed E-state index contributed by atoms with van der Waals surface area (Å²) in [6.45, 7) is 2.90. The van der Waals surface area contributed by atoms with Crippen molar-refractivity contribution in [2.24, 2.45) is 0 Å². The maximum atomic E-state index is 11.0. The molecule has 0 rings (SSSR count). The lowest BCUT2D eigenvalue weighted by Crippen LogP contribution is -2.12. The zero-order chi connectivity index (χ0) is 11.5. The number of methoxy groups -OCH3 is 1. The van der Waals surface area contributed by atoms with Crippen molar-refractivity contribution >= 4 is 11.9 Å². The van der Waals surface area contributed by atoms with E-state index in [1.807, 2.05) is 6.92 Å². The second kappa shape index (κ2) is 9.45. The number of carbonyl (C=O) groups excluding carboxylic acids is 2. The minimum atomic E-state index is -0.402. The van der Waals surface area contributed by atoms with Gasteiger partial charge in [-0.15, -0.1) is 0 Å². The standard InChI is InChI=1S/C10H18O5/c1-3-6-14-9(11)4-5-10(12)15-8-7-13-2/h3-8H2,1-2H3. The number of esters is 2. The van der Waals surface area contributed by atoms with E-state index in [1.54, 1.807) is 0 Å². The average Bonchev–Trinajstić information content (AvgIpc) is 2.24. The van der Waals surface area contributed by atoms with Crippen LogP contribution >= 0.6 is 0 Å². The van der Waals surface area contributed by atoms with E-state index in [4.69, 9.17) is 14.2 Å². The Morgan fingerprint density at radius 1 is 0.933 bits per heavy atom. The Balaban J connectivity index is 3.40. The number of hydrogen-bond acceptors (Lipinski definition) is 5. The molecule has 0 saturated heterocycles.